The average Bonchev–Trinajstić information content (AvgIpc) is 3.17. The van der Waals surface area contributed by atoms with Crippen LogP contribution in [0.15, 0.2) is 48.5 Å². The van der Waals surface area contributed by atoms with Crippen LogP contribution in [0.3, 0.4) is 0 Å². The van der Waals surface area contributed by atoms with Gasteiger partial charge in [-0.15, -0.1) is 0 Å². The number of aryl methyl sites for hydroxylation is 3. The summed E-state index contributed by atoms with van der Waals surface area (Å²) < 4.78 is 2.22. The number of aromatic nitrogens is 3. The molecule has 2 aromatic heterocycles. The third-order valence-electron chi connectivity index (χ3n) is 4.78. The minimum Gasteiger partial charge on any atom is -0.338 e. The number of carbonyl (C=O) groups excluding carboxylic acids is 1. The van der Waals surface area contributed by atoms with Crippen molar-refractivity contribution < 1.29 is 4.79 Å². The van der Waals surface area contributed by atoms with Crippen molar-refractivity contribution in [3.63, 3.8) is 0 Å². The molecule has 0 saturated carbocycles. The Bertz CT molecular complexity index is 1110. The van der Waals surface area contributed by atoms with Crippen LogP contribution in [-0.4, -0.2) is 20.3 Å². The fourth-order valence-electron chi connectivity index (χ4n) is 3.51. The number of rotatable bonds is 3. The number of benzene rings is 2. The Morgan fingerprint density at radius 3 is 2.23 bits per heavy atom. The topological polar surface area (TPSA) is 50.7 Å². The second-order valence-corrected chi connectivity index (χ2v) is 6.85. The van der Waals surface area contributed by atoms with E-state index in [9.17, 15) is 4.79 Å². The molecule has 0 bridgehead atoms. The van der Waals surface area contributed by atoms with Crippen molar-refractivity contribution in [3.8, 4) is 17.1 Å². The third-order valence-corrected chi connectivity index (χ3v) is 4.78. The number of nitrogens with one attached hydrogen (secondary N) is 1. The Labute approximate surface area is 152 Å². The maximum atomic E-state index is 11.9. The molecular weight excluding hydrogens is 322 g/mol. The van der Waals surface area contributed by atoms with Crippen molar-refractivity contribution in [3.05, 3.63) is 71.0 Å². The molecule has 130 valence electrons. The van der Waals surface area contributed by atoms with Crippen LogP contribution < -0.4 is 0 Å². The predicted octanol–water partition coefficient (Wildman–Crippen LogP) is 5.15. The molecule has 4 rings (SSSR count). The SMILES string of the molecule is CC(=O)c1cc(C)cc2[nH]c(-c3ccc(-n4c(C)ccc4C)cc3)nc12. The first kappa shape index (κ1) is 16.3. The zero-order valence-electron chi connectivity index (χ0n) is 15.4. The fraction of sp³-hybridized carbons (Fsp3) is 0.182. The van der Waals surface area contributed by atoms with Crippen molar-refractivity contribution in [2.24, 2.45) is 0 Å². The van der Waals surface area contributed by atoms with Gasteiger partial charge in [0.15, 0.2) is 5.78 Å². The van der Waals surface area contributed by atoms with E-state index in [0.717, 1.165) is 33.7 Å². The van der Waals surface area contributed by atoms with Crippen LogP contribution >= 0.6 is 0 Å². The summed E-state index contributed by atoms with van der Waals surface area (Å²) in [5, 5.41) is 0. The summed E-state index contributed by atoms with van der Waals surface area (Å²) in [5.41, 5.74) is 7.89. The number of imidazole rings is 1. The highest BCUT2D eigenvalue weighted by Gasteiger charge is 2.13. The summed E-state index contributed by atoms with van der Waals surface area (Å²) >= 11 is 0. The molecule has 2 aromatic carbocycles. The smallest absolute Gasteiger partial charge is 0.162 e. The zero-order valence-corrected chi connectivity index (χ0v) is 15.4. The molecule has 0 aliphatic heterocycles. The highest BCUT2D eigenvalue weighted by atomic mass is 16.1. The summed E-state index contributed by atoms with van der Waals surface area (Å²) in [6, 6.07) is 16.5. The third kappa shape index (κ3) is 2.64. The monoisotopic (exact) mass is 343 g/mol. The Morgan fingerprint density at radius 1 is 0.962 bits per heavy atom. The molecule has 0 atom stereocenters. The van der Waals surface area contributed by atoms with Gasteiger partial charge in [-0.2, -0.15) is 0 Å². The molecule has 0 saturated heterocycles. The normalized spacial score (nSPS) is 11.2. The van der Waals surface area contributed by atoms with Crippen molar-refractivity contribution in [2.75, 3.05) is 0 Å². The number of aromatic amines is 1. The van der Waals surface area contributed by atoms with E-state index in [1.54, 1.807) is 6.92 Å². The van der Waals surface area contributed by atoms with Gasteiger partial charge in [0.25, 0.3) is 0 Å². The zero-order chi connectivity index (χ0) is 18.4. The van der Waals surface area contributed by atoms with Gasteiger partial charge in [-0.25, -0.2) is 4.98 Å². The van der Waals surface area contributed by atoms with E-state index in [1.165, 1.54) is 11.4 Å². The molecule has 0 aliphatic carbocycles. The van der Waals surface area contributed by atoms with Crippen LogP contribution in [0.5, 0.6) is 0 Å². The molecule has 0 aliphatic rings. The largest absolute Gasteiger partial charge is 0.338 e. The molecule has 0 spiro atoms. The van der Waals surface area contributed by atoms with E-state index in [1.807, 2.05) is 19.1 Å². The van der Waals surface area contributed by atoms with E-state index >= 15 is 0 Å². The van der Waals surface area contributed by atoms with Gasteiger partial charge < -0.3 is 9.55 Å². The number of ketones is 1. The highest BCUT2D eigenvalue weighted by molar-refractivity contribution is 6.05. The van der Waals surface area contributed by atoms with E-state index < -0.39 is 0 Å². The maximum absolute atomic E-state index is 11.9. The summed E-state index contributed by atoms with van der Waals surface area (Å²) in [6.07, 6.45) is 0. The van der Waals surface area contributed by atoms with Gasteiger partial charge in [0, 0.05) is 28.2 Å². The van der Waals surface area contributed by atoms with Gasteiger partial charge in [-0.3, -0.25) is 4.79 Å². The Balaban J connectivity index is 1.79. The summed E-state index contributed by atoms with van der Waals surface area (Å²) in [5.74, 6) is 0.811. The number of carbonyl (C=O) groups is 1. The van der Waals surface area contributed by atoms with E-state index in [4.69, 9.17) is 0 Å². The standard InChI is InChI=1S/C22H21N3O/c1-13-11-19(16(4)26)21-20(12-13)23-22(24-21)17-7-9-18(10-8-17)25-14(2)5-6-15(25)3/h5-12H,1-4H3,(H,23,24). The molecule has 0 amide bonds. The van der Waals surface area contributed by atoms with Crippen molar-refractivity contribution in [1.82, 2.24) is 14.5 Å². The predicted molar refractivity (Wildman–Crippen MR) is 105 cm³/mol. The summed E-state index contributed by atoms with van der Waals surface area (Å²) in [7, 11) is 0. The molecule has 0 radical (unpaired) electrons. The van der Waals surface area contributed by atoms with E-state index in [0.29, 0.717) is 5.56 Å². The molecule has 2 heterocycles. The van der Waals surface area contributed by atoms with Crippen LogP contribution in [0, 0.1) is 20.8 Å². The number of H-pyrrole nitrogens is 1. The lowest BCUT2D eigenvalue weighted by Crippen LogP contribution is -1.98. The van der Waals surface area contributed by atoms with Gasteiger partial charge in [-0.05, 0) is 81.8 Å². The molecule has 4 heteroatoms. The van der Waals surface area contributed by atoms with Crippen LogP contribution in [0.2, 0.25) is 0 Å². The van der Waals surface area contributed by atoms with Crippen molar-refractivity contribution >= 4 is 16.8 Å². The lowest BCUT2D eigenvalue weighted by atomic mass is 10.1. The Hall–Kier alpha value is -3.14. The highest BCUT2D eigenvalue weighted by Crippen LogP contribution is 2.26. The van der Waals surface area contributed by atoms with Crippen LogP contribution in [0.1, 0.15) is 34.2 Å². The lowest BCUT2D eigenvalue weighted by Gasteiger charge is -2.09. The van der Waals surface area contributed by atoms with Gasteiger partial charge in [0.2, 0.25) is 0 Å². The molecule has 0 fully saturated rings. The minimum atomic E-state index is 0.0330. The average molecular weight is 343 g/mol. The summed E-state index contributed by atoms with van der Waals surface area (Å²) in [6.45, 7) is 7.78. The van der Waals surface area contributed by atoms with Gasteiger partial charge in [-0.1, -0.05) is 0 Å². The van der Waals surface area contributed by atoms with E-state index in [-0.39, 0.29) is 5.78 Å². The number of nitrogens with zero attached hydrogens (tertiary/aromatic N) is 2. The maximum Gasteiger partial charge on any atom is 0.162 e. The van der Waals surface area contributed by atoms with E-state index in [2.05, 4.69) is 64.8 Å². The first-order chi connectivity index (χ1) is 12.4. The fourth-order valence-corrected chi connectivity index (χ4v) is 3.51. The molecule has 1 N–H and O–H groups in total. The molecule has 4 nitrogen and oxygen atoms in total. The van der Waals surface area contributed by atoms with Crippen molar-refractivity contribution in [2.45, 2.75) is 27.7 Å². The lowest BCUT2D eigenvalue weighted by molar-refractivity contribution is 0.101. The number of Topliss-reactive ketones (excluding diaryl/α,β-unsaturated/α-hetero) is 1. The Morgan fingerprint density at radius 2 is 1.62 bits per heavy atom. The van der Waals surface area contributed by atoms with Crippen LogP contribution in [0.4, 0.5) is 0 Å². The first-order valence-corrected chi connectivity index (χ1v) is 8.71. The van der Waals surface area contributed by atoms with Crippen LogP contribution in [-0.2, 0) is 0 Å². The Kier molecular flexibility index (Phi) is 3.76. The molecule has 4 aromatic rings. The summed E-state index contributed by atoms with van der Waals surface area (Å²) in [4.78, 5) is 20.0. The molecule has 0 unspecified atom stereocenters. The quantitative estimate of drug-likeness (QED) is 0.523. The second kappa shape index (κ2) is 5.99. The van der Waals surface area contributed by atoms with Crippen molar-refractivity contribution in [1.29, 1.82) is 0 Å². The van der Waals surface area contributed by atoms with Gasteiger partial charge in [0.05, 0.1) is 11.0 Å². The second-order valence-electron chi connectivity index (χ2n) is 6.85. The van der Waals surface area contributed by atoms with Gasteiger partial charge in [0.1, 0.15) is 5.82 Å². The number of hydrogen-bond donors (Lipinski definition) is 1. The molecule has 26 heavy (non-hydrogen) atoms. The molecular formula is C22H21N3O. The number of hydrogen-bond acceptors (Lipinski definition) is 2. The van der Waals surface area contributed by atoms with Crippen LogP contribution in [0.25, 0.3) is 28.1 Å². The first-order valence-electron chi connectivity index (χ1n) is 8.71. The number of fused-ring (bicyclic) bond motifs is 1. The minimum absolute atomic E-state index is 0.0330. The van der Waals surface area contributed by atoms with Gasteiger partial charge >= 0.3 is 0 Å².